The molecule has 0 fully saturated rings. The number of hydrogen-bond donors (Lipinski definition) is 1. The molecule has 1 aliphatic carbocycles. The molecule has 0 saturated heterocycles. The number of nitrogens with zero attached hydrogens (tertiary/aromatic N) is 3. The first-order valence-corrected chi connectivity index (χ1v) is 11.6. The van der Waals surface area contributed by atoms with Crippen LogP contribution in [0.1, 0.15) is 42.2 Å². The van der Waals surface area contributed by atoms with E-state index in [4.69, 9.17) is 0 Å². The third-order valence-electron chi connectivity index (χ3n) is 6.26. The molecule has 0 radical (unpaired) electrons. The number of amides is 1. The first-order chi connectivity index (χ1) is 14.6. The third-order valence-corrected chi connectivity index (χ3v) is 7.46. The van der Waals surface area contributed by atoms with Crippen LogP contribution in [0.3, 0.4) is 0 Å². The van der Waals surface area contributed by atoms with Gasteiger partial charge in [-0.3, -0.25) is 14.2 Å². The van der Waals surface area contributed by atoms with Gasteiger partial charge < -0.3 is 10.2 Å². The fourth-order valence-corrected chi connectivity index (χ4v) is 5.86. The highest BCUT2D eigenvalue weighted by atomic mass is 32.1. The summed E-state index contributed by atoms with van der Waals surface area (Å²) in [6.07, 6.45) is 7.22. The minimum atomic E-state index is -0.0876. The van der Waals surface area contributed by atoms with E-state index in [1.54, 1.807) is 22.2 Å². The van der Waals surface area contributed by atoms with Gasteiger partial charge in [0.05, 0.1) is 11.7 Å². The second-order valence-electron chi connectivity index (χ2n) is 8.11. The van der Waals surface area contributed by atoms with Crippen LogP contribution < -0.4 is 15.8 Å². The van der Waals surface area contributed by atoms with Crippen LogP contribution in [0.2, 0.25) is 0 Å². The number of carbonyl (C=O) groups is 1. The number of nitrogens with one attached hydrogen (secondary N) is 1. The lowest BCUT2D eigenvalue weighted by Crippen LogP contribution is -2.24. The molecule has 5 rings (SSSR count). The van der Waals surface area contributed by atoms with E-state index in [1.807, 2.05) is 6.07 Å². The molecular formula is C23H26N4O2S. The van der Waals surface area contributed by atoms with Crippen molar-refractivity contribution in [2.75, 3.05) is 23.3 Å². The van der Waals surface area contributed by atoms with Crippen LogP contribution in [0, 0.1) is 0 Å². The zero-order chi connectivity index (χ0) is 20.7. The number of carbonyl (C=O) groups excluding carboxylic acids is 1. The standard InChI is InChI=1S/C23H26N4O2S/c1-2-26-11-9-15-7-8-16(13-18(15)26)25-20(28)10-12-27-14-24-22-21(23(27)29)17-5-3-4-6-19(17)30-22/h7-8,13-14H,2-6,9-12H2,1H3,(H,25,28). The molecular weight excluding hydrogens is 396 g/mol. The van der Waals surface area contributed by atoms with Gasteiger partial charge in [0, 0.05) is 42.3 Å². The molecule has 156 valence electrons. The highest BCUT2D eigenvalue weighted by Gasteiger charge is 2.21. The van der Waals surface area contributed by atoms with E-state index in [1.165, 1.54) is 28.1 Å². The van der Waals surface area contributed by atoms with E-state index in [0.29, 0.717) is 6.54 Å². The van der Waals surface area contributed by atoms with E-state index in [-0.39, 0.29) is 17.9 Å². The molecule has 1 amide bonds. The van der Waals surface area contributed by atoms with Crippen molar-refractivity contribution in [2.45, 2.75) is 52.0 Å². The monoisotopic (exact) mass is 422 g/mol. The van der Waals surface area contributed by atoms with Crippen LogP contribution in [0.4, 0.5) is 11.4 Å². The van der Waals surface area contributed by atoms with Gasteiger partial charge in [-0.2, -0.15) is 0 Å². The zero-order valence-electron chi connectivity index (χ0n) is 17.2. The lowest BCUT2D eigenvalue weighted by Gasteiger charge is -2.17. The van der Waals surface area contributed by atoms with Crippen LogP contribution >= 0.6 is 11.3 Å². The van der Waals surface area contributed by atoms with Gasteiger partial charge in [-0.1, -0.05) is 6.07 Å². The summed E-state index contributed by atoms with van der Waals surface area (Å²) in [5.74, 6) is -0.0876. The summed E-state index contributed by atoms with van der Waals surface area (Å²) in [4.78, 5) is 34.5. The van der Waals surface area contributed by atoms with Crippen molar-refractivity contribution in [3.05, 3.63) is 50.9 Å². The fourth-order valence-electron chi connectivity index (χ4n) is 4.64. The van der Waals surface area contributed by atoms with E-state index in [2.05, 4.69) is 34.3 Å². The summed E-state index contributed by atoms with van der Waals surface area (Å²) < 4.78 is 1.59. The molecule has 3 aromatic rings. The Hall–Kier alpha value is -2.67. The highest BCUT2D eigenvalue weighted by Crippen LogP contribution is 2.33. The van der Waals surface area contributed by atoms with Gasteiger partial charge in [-0.05, 0) is 62.3 Å². The predicted molar refractivity (Wildman–Crippen MR) is 122 cm³/mol. The third kappa shape index (κ3) is 3.41. The van der Waals surface area contributed by atoms with Crippen LogP contribution in [-0.4, -0.2) is 28.5 Å². The van der Waals surface area contributed by atoms with Crippen LogP contribution in [0.5, 0.6) is 0 Å². The first-order valence-electron chi connectivity index (χ1n) is 10.8. The molecule has 0 spiro atoms. The maximum atomic E-state index is 13.0. The maximum Gasteiger partial charge on any atom is 0.262 e. The summed E-state index contributed by atoms with van der Waals surface area (Å²) in [5, 5.41) is 3.76. The van der Waals surface area contributed by atoms with Crippen molar-refractivity contribution in [1.82, 2.24) is 9.55 Å². The molecule has 0 atom stereocenters. The van der Waals surface area contributed by atoms with Crippen molar-refractivity contribution < 1.29 is 4.79 Å². The summed E-state index contributed by atoms with van der Waals surface area (Å²) in [7, 11) is 0. The molecule has 3 heterocycles. The van der Waals surface area contributed by atoms with Gasteiger partial charge >= 0.3 is 0 Å². The summed E-state index contributed by atoms with van der Waals surface area (Å²) in [5.41, 5.74) is 4.54. The molecule has 1 aromatic carbocycles. The van der Waals surface area contributed by atoms with Crippen molar-refractivity contribution >= 4 is 38.8 Å². The van der Waals surface area contributed by atoms with E-state index >= 15 is 0 Å². The highest BCUT2D eigenvalue weighted by molar-refractivity contribution is 7.18. The Labute approximate surface area is 179 Å². The van der Waals surface area contributed by atoms with Crippen LogP contribution in [0.15, 0.2) is 29.3 Å². The van der Waals surface area contributed by atoms with Gasteiger partial charge in [0.25, 0.3) is 5.56 Å². The minimum absolute atomic E-state index is 0.0108. The summed E-state index contributed by atoms with van der Waals surface area (Å²) >= 11 is 1.65. The number of likely N-dealkylation sites (N-methyl/N-ethyl adjacent to an activating group) is 1. The Balaban J connectivity index is 1.30. The topological polar surface area (TPSA) is 67.2 Å². The Morgan fingerprint density at radius 1 is 1.23 bits per heavy atom. The van der Waals surface area contributed by atoms with E-state index < -0.39 is 0 Å². The van der Waals surface area contributed by atoms with Gasteiger partial charge in [0.2, 0.25) is 5.91 Å². The van der Waals surface area contributed by atoms with Crippen molar-refractivity contribution in [2.24, 2.45) is 0 Å². The van der Waals surface area contributed by atoms with Gasteiger partial charge in [0.15, 0.2) is 0 Å². The molecule has 0 saturated carbocycles. The van der Waals surface area contributed by atoms with Gasteiger partial charge in [-0.25, -0.2) is 4.98 Å². The van der Waals surface area contributed by atoms with E-state index in [9.17, 15) is 9.59 Å². The summed E-state index contributed by atoms with van der Waals surface area (Å²) in [6.45, 7) is 4.49. The second-order valence-corrected chi connectivity index (χ2v) is 9.19. The molecule has 2 aromatic heterocycles. The Bertz CT molecular complexity index is 1180. The second kappa shape index (κ2) is 7.87. The molecule has 0 bridgehead atoms. The lowest BCUT2D eigenvalue weighted by atomic mass is 9.97. The largest absolute Gasteiger partial charge is 0.371 e. The fraction of sp³-hybridized carbons (Fsp3) is 0.435. The Kier molecular flexibility index (Phi) is 5.06. The number of aryl methyl sites for hydroxylation is 3. The number of hydrogen-bond acceptors (Lipinski definition) is 5. The average molecular weight is 423 g/mol. The molecule has 1 N–H and O–H groups in total. The molecule has 6 nitrogen and oxygen atoms in total. The predicted octanol–water partition coefficient (Wildman–Crippen LogP) is 3.75. The minimum Gasteiger partial charge on any atom is -0.371 e. The quantitative estimate of drug-likeness (QED) is 0.680. The molecule has 7 heteroatoms. The maximum absolute atomic E-state index is 13.0. The molecule has 1 aliphatic heterocycles. The lowest BCUT2D eigenvalue weighted by molar-refractivity contribution is -0.116. The summed E-state index contributed by atoms with van der Waals surface area (Å²) in [6, 6.07) is 6.12. The van der Waals surface area contributed by atoms with Crippen LogP contribution in [0.25, 0.3) is 10.2 Å². The molecule has 2 aliphatic rings. The smallest absolute Gasteiger partial charge is 0.262 e. The number of benzene rings is 1. The molecule has 0 unspecified atom stereocenters. The Morgan fingerprint density at radius 2 is 2.10 bits per heavy atom. The number of fused-ring (bicyclic) bond motifs is 4. The number of thiophene rings is 1. The number of anilines is 2. The van der Waals surface area contributed by atoms with Crippen molar-refractivity contribution in [3.8, 4) is 0 Å². The number of aromatic nitrogens is 2. The Morgan fingerprint density at radius 3 is 2.97 bits per heavy atom. The normalized spacial score (nSPS) is 15.3. The zero-order valence-corrected chi connectivity index (χ0v) is 18.1. The van der Waals surface area contributed by atoms with Crippen LogP contribution in [-0.2, 0) is 30.6 Å². The van der Waals surface area contributed by atoms with Crippen molar-refractivity contribution in [1.29, 1.82) is 0 Å². The first kappa shape index (κ1) is 19.3. The van der Waals surface area contributed by atoms with E-state index in [0.717, 1.165) is 54.7 Å². The molecule has 30 heavy (non-hydrogen) atoms. The van der Waals surface area contributed by atoms with Crippen molar-refractivity contribution in [3.63, 3.8) is 0 Å². The van der Waals surface area contributed by atoms with Gasteiger partial charge in [0.1, 0.15) is 4.83 Å². The average Bonchev–Trinajstić information content (AvgIpc) is 3.34. The SMILES string of the molecule is CCN1CCc2ccc(NC(=O)CCn3cnc4sc5c(c4c3=O)CCCC5)cc21. The number of rotatable bonds is 5. The van der Waals surface area contributed by atoms with Gasteiger partial charge in [-0.15, -0.1) is 11.3 Å².